The molecule has 1 aliphatic rings. The Kier molecular flexibility index (Phi) is 6.19. The third-order valence-corrected chi connectivity index (χ3v) is 11.1. The lowest BCUT2D eigenvalue weighted by atomic mass is 9.73. The van der Waals surface area contributed by atoms with Gasteiger partial charge in [0.25, 0.3) is 0 Å². The first-order valence-corrected chi connectivity index (χ1v) is 17.5. The smallest absolute Gasteiger partial charge is 0.0634 e. The summed E-state index contributed by atoms with van der Waals surface area (Å²) in [7, 11) is 0. The van der Waals surface area contributed by atoms with Crippen molar-refractivity contribution >= 4 is 71.8 Å². The van der Waals surface area contributed by atoms with E-state index in [1.807, 2.05) is 0 Å². The zero-order valence-corrected chi connectivity index (χ0v) is 28.6. The summed E-state index contributed by atoms with van der Waals surface area (Å²) in [6.07, 6.45) is 0. The number of nitrogens with zero attached hydrogens (tertiary/aromatic N) is 2. The highest BCUT2D eigenvalue weighted by atomic mass is 15.2. The number of para-hydroxylation sites is 4. The van der Waals surface area contributed by atoms with Gasteiger partial charge in [-0.15, -0.1) is 0 Å². The number of anilines is 5. The minimum atomic E-state index is -0.122. The first-order chi connectivity index (χ1) is 24.9. The summed E-state index contributed by atoms with van der Waals surface area (Å²) >= 11 is 0. The van der Waals surface area contributed by atoms with Crippen LogP contribution < -0.4 is 16.4 Å². The number of nitrogen functional groups attached to an aromatic ring is 2. The molecule has 0 atom stereocenters. The van der Waals surface area contributed by atoms with Crippen molar-refractivity contribution in [3.05, 3.63) is 169 Å². The molecule has 0 unspecified atom stereocenters. The Labute approximate surface area is 296 Å². The van der Waals surface area contributed by atoms with Crippen LogP contribution in [0.2, 0.25) is 0 Å². The van der Waals surface area contributed by atoms with Crippen LogP contribution in [0.15, 0.2) is 158 Å². The highest BCUT2D eigenvalue weighted by Gasteiger charge is 2.36. The summed E-state index contributed by atoms with van der Waals surface area (Å²) in [4.78, 5) is 2.36. The third-order valence-electron chi connectivity index (χ3n) is 11.1. The van der Waals surface area contributed by atoms with Crippen LogP contribution in [0.3, 0.4) is 0 Å². The van der Waals surface area contributed by atoms with Crippen molar-refractivity contribution in [3.63, 3.8) is 0 Å². The molecule has 0 spiro atoms. The molecule has 2 heterocycles. The minimum absolute atomic E-state index is 0.122. The second-order valence-corrected chi connectivity index (χ2v) is 14.2. The van der Waals surface area contributed by atoms with Crippen molar-refractivity contribution in [2.24, 2.45) is 0 Å². The second kappa shape index (κ2) is 10.7. The summed E-state index contributed by atoms with van der Waals surface area (Å²) in [5.74, 6) is 0. The Morgan fingerprint density at radius 1 is 0.412 bits per heavy atom. The van der Waals surface area contributed by atoms with Crippen LogP contribution in [0.4, 0.5) is 28.4 Å². The summed E-state index contributed by atoms with van der Waals surface area (Å²) in [6, 6.07) is 56.6. The molecule has 1 aromatic heterocycles. The Morgan fingerprint density at radius 3 is 1.49 bits per heavy atom. The van der Waals surface area contributed by atoms with E-state index in [-0.39, 0.29) is 5.41 Å². The lowest BCUT2D eigenvalue weighted by Gasteiger charge is -2.42. The molecule has 4 heteroatoms. The molecule has 4 N–H and O–H groups in total. The van der Waals surface area contributed by atoms with Crippen LogP contribution in [0, 0.1) is 0 Å². The monoisotopic (exact) mass is 656 g/mol. The van der Waals surface area contributed by atoms with Crippen molar-refractivity contribution in [2.45, 2.75) is 19.3 Å². The van der Waals surface area contributed by atoms with Gasteiger partial charge in [-0.1, -0.05) is 117 Å². The minimum Gasteiger partial charge on any atom is -0.397 e. The molecule has 1 aliphatic heterocycles. The molecule has 0 aliphatic carbocycles. The van der Waals surface area contributed by atoms with Gasteiger partial charge in [0.2, 0.25) is 0 Å². The molecule has 0 saturated heterocycles. The quantitative estimate of drug-likeness (QED) is 0.113. The van der Waals surface area contributed by atoms with E-state index < -0.39 is 0 Å². The zero-order valence-electron chi connectivity index (χ0n) is 28.6. The predicted octanol–water partition coefficient (Wildman–Crippen LogP) is 12.0. The Morgan fingerprint density at radius 2 is 0.882 bits per heavy atom. The number of aromatic nitrogens is 1. The number of fused-ring (bicyclic) bond motifs is 8. The van der Waals surface area contributed by atoms with Gasteiger partial charge in [-0.2, -0.15) is 0 Å². The van der Waals surface area contributed by atoms with Gasteiger partial charge in [0, 0.05) is 38.3 Å². The molecular formula is C47H36N4. The van der Waals surface area contributed by atoms with E-state index in [2.05, 4.69) is 181 Å². The molecule has 10 rings (SSSR count). The third kappa shape index (κ3) is 4.20. The molecule has 0 bridgehead atoms. The lowest BCUT2D eigenvalue weighted by Crippen LogP contribution is -2.30. The molecule has 51 heavy (non-hydrogen) atoms. The number of nitrogens with two attached hydrogens (primary N) is 2. The molecule has 244 valence electrons. The molecular weight excluding hydrogens is 621 g/mol. The van der Waals surface area contributed by atoms with Gasteiger partial charge in [0.15, 0.2) is 0 Å². The van der Waals surface area contributed by atoms with E-state index >= 15 is 0 Å². The molecule has 4 nitrogen and oxygen atoms in total. The highest BCUT2D eigenvalue weighted by molar-refractivity contribution is 6.20. The van der Waals surface area contributed by atoms with Gasteiger partial charge in [0.05, 0.1) is 33.8 Å². The van der Waals surface area contributed by atoms with E-state index in [9.17, 15) is 0 Å². The SMILES string of the molecule is CC1(C)c2ccccc2N(c2ccc3c(c2)c(N)c(N)c2cc(-c4ccc(-n5c6ccccc6c6ccccc65)cc4)ccc23)c2ccccc21. The van der Waals surface area contributed by atoms with Gasteiger partial charge in [-0.3, -0.25) is 0 Å². The van der Waals surface area contributed by atoms with Gasteiger partial charge in [-0.05, 0) is 87.6 Å². The average molecular weight is 657 g/mol. The second-order valence-electron chi connectivity index (χ2n) is 14.2. The van der Waals surface area contributed by atoms with Gasteiger partial charge >= 0.3 is 0 Å². The maximum atomic E-state index is 6.92. The maximum absolute atomic E-state index is 6.92. The molecule has 8 aromatic carbocycles. The number of hydrogen-bond acceptors (Lipinski definition) is 3. The van der Waals surface area contributed by atoms with Crippen molar-refractivity contribution in [3.8, 4) is 16.8 Å². The fourth-order valence-electron chi connectivity index (χ4n) is 8.55. The van der Waals surface area contributed by atoms with Crippen LogP contribution in [-0.2, 0) is 5.41 Å². The topological polar surface area (TPSA) is 60.2 Å². The van der Waals surface area contributed by atoms with Crippen LogP contribution in [0.1, 0.15) is 25.0 Å². The molecule has 0 radical (unpaired) electrons. The highest BCUT2D eigenvalue weighted by Crippen LogP contribution is 2.52. The Balaban J connectivity index is 1.07. The summed E-state index contributed by atoms with van der Waals surface area (Å²) in [6.45, 7) is 4.61. The standard InChI is InChI=1S/C47H36N4/c1-47(2)39-13-5-9-17-43(39)51(44-18-10-6-14-40(44)47)32-24-26-34-33-25-21-30(27-37(33)45(48)46(49)38(34)28-32)29-19-22-31(23-20-29)50-41-15-7-3-11-35(41)36-12-4-8-16-42(36)50/h3-28H,48-49H2,1-2H3. The normalized spacial score (nSPS) is 13.6. The van der Waals surface area contributed by atoms with Crippen LogP contribution in [-0.4, -0.2) is 4.57 Å². The van der Waals surface area contributed by atoms with Crippen LogP contribution >= 0.6 is 0 Å². The number of hydrogen-bond donors (Lipinski definition) is 2. The fourth-order valence-corrected chi connectivity index (χ4v) is 8.55. The molecule has 0 amide bonds. The van der Waals surface area contributed by atoms with Crippen molar-refractivity contribution in [2.75, 3.05) is 16.4 Å². The van der Waals surface area contributed by atoms with E-state index in [0.717, 1.165) is 44.0 Å². The maximum Gasteiger partial charge on any atom is 0.0634 e. The van der Waals surface area contributed by atoms with Crippen LogP contribution in [0.5, 0.6) is 0 Å². The number of benzene rings is 8. The van der Waals surface area contributed by atoms with Gasteiger partial charge in [0.1, 0.15) is 0 Å². The summed E-state index contributed by atoms with van der Waals surface area (Å²) in [5, 5.41) is 6.62. The van der Waals surface area contributed by atoms with E-state index in [1.165, 1.54) is 44.3 Å². The predicted molar refractivity (Wildman–Crippen MR) is 217 cm³/mol. The molecule has 9 aromatic rings. The van der Waals surface area contributed by atoms with Crippen molar-refractivity contribution < 1.29 is 0 Å². The lowest BCUT2D eigenvalue weighted by molar-refractivity contribution is 0.632. The van der Waals surface area contributed by atoms with Crippen LogP contribution in [0.25, 0.3) is 60.2 Å². The van der Waals surface area contributed by atoms with Crippen molar-refractivity contribution in [1.29, 1.82) is 0 Å². The number of rotatable bonds is 3. The van der Waals surface area contributed by atoms with E-state index in [1.54, 1.807) is 0 Å². The van der Waals surface area contributed by atoms with Crippen molar-refractivity contribution in [1.82, 2.24) is 4.57 Å². The first kappa shape index (κ1) is 29.4. The van der Waals surface area contributed by atoms with Gasteiger partial charge < -0.3 is 20.9 Å². The summed E-state index contributed by atoms with van der Waals surface area (Å²) in [5.41, 5.74) is 26.7. The Hall–Kier alpha value is -6.52. The molecule has 0 fully saturated rings. The largest absolute Gasteiger partial charge is 0.397 e. The first-order valence-electron chi connectivity index (χ1n) is 17.5. The average Bonchev–Trinajstić information content (AvgIpc) is 3.51. The van der Waals surface area contributed by atoms with Gasteiger partial charge in [-0.25, -0.2) is 0 Å². The van der Waals surface area contributed by atoms with E-state index in [4.69, 9.17) is 11.5 Å². The summed E-state index contributed by atoms with van der Waals surface area (Å²) < 4.78 is 2.34. The Bertz CT molecular complexity index is 2760. The van der Waals surface area contributed by atoms with E-state index in [0.29, 0.717) is 11.4 Å². The zero-order chi connectivity index (χ0) is 34.4. The fraction of sp³-hybridized carbons (Fsp3) is 0.0638. The molecule has 0 saturated carbocycles.